The van der Waals surface area contributed by atoms with E-state index in [1.165, 1.54) is 24.9 Å². The zero-order chi connectivity index (χ0) is 20.2. The number of ether oxygens (including phenoxy) is 2. The molecule has 5 nitrogen and oxygen atoms in total. The molecule has 0 aliphatic heterocycles. The third-order valence-corrected chi connectivity index (χ3v) is 5.47. The van der Waals surface area contributed by atoms with Crippen LogP contribution >= 0.6 is 11.8 Å². The van der Waals surface area contributed by atoms with E-state index in [-0.39, 0.29) is 18.3 Å². The smallest absolute Gasteiger partial charge is 0.336 e. The lowest BCUT2D eigenvalue weighted by Crippen LogP contribution is -2.09. The number of hydrogen-bond acceptors (Lipinski definition) is 6. The van der Waals surface area contributed by atoms with Crippen molar-refractivity contribution in [2.45, 2.75) is 11.5 Å². The molecule has 0 atom stereocenters. The molecule has 4 rings (SSSR count). The predicted molar refractivity (Wildman–Crippen MR) is 114 cm³/mol. The summed E-state index contributed by atoms with van der Waals surface area (Å²) in [5.74, 6) is 0.422. The summed E-state index contributed by atoms with van der Waals surface area (Å²) in [7, 11) is 1.54. The van der Waals surface area contributed by atoms with Crippen LogP contribution in [0.15, 0.2) is 80.8 Å². The molecule has 6 heteroatoms. The molecule has 29 heavy (non-hydrogen) atoms. The van der Waals surface area contributed by atoms with Crippen LogP contribution in [0.25, 0.3) is 21.7 Å². The number of thioether (sulfide) groups is 1. The lowest BCUT2D eigenvalue weighted by Gasteiger charge is -2.08. The van der Waals surface area contributed by atoms with Crippen molar-refractivity contribution >= 4 is 39.5 Å². The van der Waals surface area contributed by atoms with E-state index in [1.54, 1.807) is 18.2 Å². The molecule has 0 N–H and O–H groups in total. The number of methoxy groups -OCH3 is 1. The van der Waals surface area contributed by atoms with Crippen LogP contribution in [-0.4, -0.2) is 18.8 Å². The summed E-state index contributed by atoms with van der Waals surface area (Å²) in [6.07, 6.45) is 0. The summed E-state index contributed by atoms with van der Waals surface area (Å²) < 4.78 is 15.7. The van der Waals surface area contributed by atoms with Gasteiger partial charge in [0, 0.05) is 28.0 Å². The first kappa shape index (κ1) is 19.1. The summed E-state index contributed by atoms with van der Waals surface area (Å²) in [5.41, 5.74) is 0.499. The highest BCUT2D eigenvalue weighted by Crippen LogP contribution is 2.25. The SMILES string of the molecule is COc1ccc2c(COC(=O)CSc3ccc4ccccc4c3)cc(=O)oc2c1. The van der Waals surface area contributed by atoms with E-state index < -0.39 is 5.63 Å². The molecule has 3 aromatic carbocycles. The Labute approximate surface area is 171 Å². The summed E-state index contributed by atoms with van der Waals surface area (Å²) in [5, 5.41) is 3.00. The molecular weight excluding hydrogens is 388 g/mol. The molecule has 0 aliphatic carbocycles. The largest absolute Gasteiger partial charge is 0.497 e. The van der Waals surface area contributed by atoms with Gasteiger partial charge in [-0.1, -0.05) is 30.3 Å². The molecule has 0 spiro atoms. The Morgan fingerprint density at radius 1 is 1.00 bits per heavy atom. The van der Waals surface area contributed by atoms with Gasteiger partial charge in [-0.3, -0.25) is 4.79 Å². The summed E-state index contributed by atoms with van der Waals surface area (Å²) >= 11 is 1.42. The molecule has 0 unspecified atom stereocenters. The second kappa shape index (κ2) is 8.41. The highest BCUT2D eigenvalue weighted by molar-refractivity contribution is 8.00. The number of rotatable bonds is 6. The lowest BCUT2D eigenvalue weighted by molar-refractivity contribution is -0.141. The van der Waals surface area contributed by atoms with Gasteiger partial charge in [-0.2, -0.15) is 0 Å². The maximum atomic E-state index is 12.2. The van der Waals surface area contributed by atoms with Crippen molar-refractivity contribution in [2.24, 2.45) is 0 Å². The van der Waals surface area contributed by atoms with Crippen LogP contribution in [0.2, 0.25) is 0 Å². The standard InChI is InChI=1S/C23H18O5S/c1-26-18-7-9-20-17(11-22(24)28-21(20)12-18)13-27-23(25)14-29-19-8-6-15-4-2-3-5-16(15)10-19/h2-12H,13-14H2,1H3. The third-order valence-electron chi connectivity index (χ3n) is 4.50. The number of fused-ring (bicyclic) bond motifs is 2. The highest BCUT2D eigenvalue weighted by atomic mass is 32.2. The second-order valence-corrected chi connectivity index (χ2v) is 7.46. The number of benzene rings is 3. The van der Waals surface area contributed by atoms with Crippen LogP contribution in [0.1, 0.15) is 5.56 Å². The van der Waals surface area contributed by atoms with Crippen LogP contribution in [0.3, 0.4) is 0 Å². The Morgan fingerprint density at radius 3 is 2.66 bits per heavy atom. The molecule has 0 amide bonds. The molecule has 4 aromatic rings. The van der Waals surface area contributed by atoms with Crippen molar-refractivity contribution < 1.29 is 18.7 Å². The van der Waals surface area contributed by atoms with E-state index in [0.717, 1.165) is 15.7 Å². The average molecular weight is 406 g/mol. The van der Waals surface area contributed by atoms with Crippen LogP contribution in [0.4, 0.5) is 0 Å². The average Bonchev–Trinajstić information content (AvgIpc) is 2.75. The molecule has 0 radical (unpaired) electrons. The number of hydrogen-bond donors (Lipinski definition) is 0. The minimum Gasteiger partial charge on any atom is -0.497 e. The van der Waals surface area contributed by atoms with Crippen molar-refractivity contribution in [2.75, 3.05) is 12.9 Å². The van der Waals surface area contributed by atoms with Crippen molar-refractivity contribution in [3.05, 3.63) is 82.7 Å². The summed E-state index contributed by atoms with van der Waals surface area (Å²) in [4.78, 5) is 25.0. The van der Waals surface area contributed by atoms with Gasteiger partial charge in [0.1, 0.15) is 17.9 Å². The molecule has 0 bridgehead atoms. The van der Waals surface area contributed by atoms with E-state index in [4.69, 9.17) is 13.9 Å². The summed E-state index contributed by atoms with van der Waals surface area (Å²) in [6, 6.07) is 20.7. The monoisotopic (exact) mass is 406 g/mol. The van der Waals surface area contributed by atoms with Gasteiger partial charge >= 0.3 is 11.6 Å². The van der Waals surface area contributed by atoms with Gasteiger partial charge in [-0.25, -0.2) is 4.79 Å². The van der Waals surface area contributed by atoms with Crippen LogP contribution in [0.5, 0.6) is 5.75 Å². The van der Waals surface area contributed by atoms with Crippen LogP contribution < -0.4 is 10.4 Å². The fourth-order valence-electron chi connectivity index (χ4n) is 3.06. The van der Waals surface area contributed by atoms with Crippen molar-refractivity contribution in [1.82, 2.24) is 0 Å². The lowest BCUT2D eigenvalue weighted by atomic mass is 10.1. The molecule has 0 saturated carbocycles. The Hall–Kier alpha value is -3.25. The molecule has 0 saturated heterocycles. The van der Waals surface area contributed by atoms with Gasteiger partial charge < -0.3 is 13.9 Å². The van der Waals surface area contributed by atoms with Gasteiger partial charge in [-0.05, 0) is 35.0 Å². The number of esters is 1. The fraction of sp³-hybridized carbons (Fsp3) is 0.130. The van der Waals surface area contributed by atoms with Gasteiger partial charge in [-0.15, -0.1) is 11.8 Å². The maximum absolute atomic E-state index is 12.2. The first-order chi connectivity index (χ1) is 14.1. The van der Waals surface area contributed by atoms with Gasteiger partial charge in [0.15, 0.2) is 0 Å². The van der Waals surface area contributed by atoms with Crippen molar-refractivity contribution in [3.8, 4) is 5.75 Å². The molecule has 0 fully saturated rings. The normalized spacial score (nSPS) is 10.9. The quantitative estimate of drug-likeness (QED) is 0.261. The summed E-state index contributed by atoms with van der Waals surface area (Å²) in [6.45, 7) is 0.00550. The minimum absolute atomic E-state index is 0.00550. The van der Waals surface area contributed by atoms with Gasteiger partial charge in [0.25, 0.3) is 0 Å². The van der Waals surface area contributed by atoms with Crippen molar-refractivity contribution in [1.29, 1.82) is 0 Å². The Morgan fingerprint density at radius 2 is 1.83 bits per heavy atom. The Kier molecular flexibility index (Phi) is 5.53. The number of carbonyl (C=O) groups excluding carboxylic acids is 1. The molecule has 0 aliphatic rings. The fourth-order valence-corrected chi connectivity index (χ4v) is 3.80. The van der Waals surface area contributed by atoms with E-state index in [0.29, 0.717) is 22.3 Å². The van der Waals surface area contributed by atoms with E-state index in [9.17, 15) is 9.59 Å². The molecule has 1 heterocycles. The van der Waals surface area contributed by atoms with Crippen molar-refractivity contribution in [3.63, 3.8) is 0 Å². The van der Waals surface area contributed by atoms with Gasteiger partial charge in [0.2, 0.25) is 0 Å². The molecule has 1 aromatic heterocycles. The zero-order valence-corrected chi connectivity index (χ0v) is 16.5. The van der Waals surface area contributed by atoms with E-state index >= 15 is 0 Å². The van der Waals surface area contributed by atoms with E-state index in [2.05, 4.69) is 6.07 Å². The van der Waals surface area contributed by atoms with Crippen LogP contribution in [0, 0.1) is 0 Å². The Bertz CT molecular complexity index is 1240. The number of carbonyl (C=O) groups is 1. The maximum Gasteiger partial charge on any atom is 0.336 e. The zero-order valence-electron chi connectivity index (χ0n) is 15.7. The Balaban J connectivity index is 1.42. The topological polar surface area (TPSA) is 65.7 Å². The molecule has 146 valence electrons. The minimum atomic E-state index is -0.498. The van der Waals surface area contributed by atoms with Crippen LogP contribution in [-0.2, 0) is 16.1 Å². The van der Waals surface area contributed by atoms with Gasteiger partial charge in [0.05, 0.1) is 12.9 Å². The predicted octanol–water partition coefficient (Wildman–Crippen LogP) is 4.79. The first-order valence-corrected chi connectivity index (χ1v) is 9.99. The highest BCUT2D eigenvalue weighted by Gasteiger charge is 2.10. The first-order valence-electron chi connectivity index (χ1n) is 9.00. The third kappa shape index (κ3) is 4.43. The second-order valence-electron chi connectivity index (χ2n) is 6.41. The van der Waals surface area contributed by atoms with E-state index in [1.807, 2.05) is 36.4 Å². The molecular formula is C23H18O5S.